The van der Waals surface area contributed by atoms with Crippen LogP contribution < -0.4 is 0 Å². The Morgan fingerprint density at radius 2 is 1.91 bits per heavy atom. The van der Waals surface area contributed by atoms with Gasteiger partial charge in [-0.1, -0.05) is 45.9 Å². The number of hydrogen-bond acceptors (Lipinski definition) is 2. The highest BCUT2D eigenvalue weighted by molar-refractivity contribution is 5.78. The van der Waals surface area contributed by atoms with E-state index in [0.717, 1.165) is 25.2 Å². The van der Waals surface area contributed by atoms with Gasteiger partial charge in [-0.25, -0.2) is 4.39 Å². The minimum atomic E-state index is -0.149. The van der Waals surface area contributed by atoms with Crippen LogP contribution in [0.2, 0.25) is 0 Å². The zero-order valence-corrected chi connectivity index (χ0v) is 14.1. The molecule has 4 heteroatoms. The van der Waals surface area contributed by atoms with Crippen molar-refractivity contribution in [1.29, 1.82) is 0 Å². The lowest BCUT2D eigenvalue weighted by atomic mass is 9.97. The Bertz CT molecular complexity index is 516. The SMILES string of the molecule is CC(C)C(=O)N1CCN(Cc2ccccc2F)C[C@@H]1C(C)C. The second-order valence-corrected chi connectivity index (χ2v) is 6.82. The lowest BCUT2D eigenvalue weighted by Gasteiger charge is -2.44. The largest absolute Gasteiger partial charge is 0.337 e. The number of amides is 1. The van der Waals surface area contributed by atoms with Crippen LogP contribution in [0.25, 0.3) is 0 Å². The van der Waals surface area contributed by atoms with Crippen molar-refractivity contribution in [1.82, 2.24) is 9.80 Å². The second kappa shape index (κ2) is 7.23. The Kier molecular flexibility index (Phi) is 5.57. The van der Waals surface area contributed by atoms with Gasteiger partial charge in [0.1, 0.15) is 5.82 Å². The van der Waals surface area contributed by atoms with Crippen molar-refractivity contribution >= 4 is 5.91 Å². The van der Waals surface area contributed by atoms with Gasteiger partial charge < -0.3 is 4.90 Å². The molecule has 1 aliphatic rings. The zero-order chi connectivity index (χ0) is 16.3. The first kappa shape index (κ1) is 16.9. The van der Waals surface area contributed by atoms with Crippen LogP contribution in [0.5, 0.6) is 0 Å². The predicted molar refractivity (Wildman–Crippen MR) is 86.9 cm³/mol. The Balaban J connectivity index is 2.07. The van der Waals surface area contributed by atoms with E-state index < -0.39 is 0 Å². The van der Waals surface area contributed by atoms with Crippen molar-refractivity contribution in [3.8, 4) is 0 Å². The molecule has 0 N–H and O–H groups in total. The first-order valence-corrected chi connectivity index (χ1v) is 8.16. The van der Waals surface area contributed by atoms with E-state index in [0.29, 0.717) is 12.5 Å². The van der Waals surface area contributed by atoms with Crippen molar-refractivity contribution in [2.45, 2.75) is 40.3 Å². The summed E-state index contributed by atoms with van der Waals surface area (Å²) in [7, 11) is 0. The standard InChI is InChI=1S/C18H27FN2O/c1-13(2)17-12-20(9-10-21(17)18(22)14(3)4)11-15-7-5-6-8-16(15)19/h5-8,13-14,17H,9-12H2,1-4H3/t17-/m1/s1. The van der Waals surface area contributed by atoms with Crippen LogP contribution in [0.1, 0.15) is 33.3 Å². The molecule has 3 nitrogen and oxygen atoms in total. The molecule has 0 bridgehead atoms. The van der Waals surface area contributed by atoms with Gasteiger partial charge in [0.2, 0.25) is 5.91 Å². The van der Waals surface area contributed by atoms with Gasteiger partial charge in [-0.15, -0.1) is 0 Å². The summed E-state index contributed by atoms with van der Waals surface area (Å²) in [5.41, 5.74) is 0.730. The van der Waals surface area contributed by atoms with E-state index in [9.17, 15) is 9.18 Å². The van der Waals surface area contributed by atoms with E-state index in [4.69, 9.17) is 0 Å². The third-order valence-corrected chi connectivity index (χ3v) is 4.40. The van der Waals surface area contributed by atoms with Crippen molar-refractivity contribution in [3.63, 3.8) is 0 Å². The number of carbonyl (C=O) groups is 1. The van der Waals surface area contributed by atoms with Crippen LogP contribution in [0, 0.1) is 17.7 Å². The fraction of sp³-hybridized carbons (Fsp3) is 0.611. The fourth-order valence-corrected chi connectivity index (χ4v) is 3.06. The number of rotatable bonds is 4. The average Bonchev–Trinajstić information content (AvgIpc) is 2.48. The van der Waals surface area contributed by atoms with E-state index in [2.05, 4.69) is 18.7 Å². The average molecular weight is 306 g/mol. The molecule has 2 rings (SSSR count). The molecular formula is C18H27FN2O. The summed E-state index contributed by atoms with van der Waals surface area (Å²) in [6.45, 7) is 11.2. The number of benzene rings is 1. The van der Waals surface area contributed by atoms with Gasteiger partial charge in [0, 0.05) is 43.7 Å². The van der Waals surface area contributed by atoms with E-state index in [1.54, 1.807) is 6.07 Å². The third-order valence-electron chi connectivity index (χ3n) is 4.40. The highest BCUT2D eigenvalue weighted by Gasteiger charge is 2.33. The fourth-order valence-electron chi connectivity index (χ4n) is 3.06. The van der Waals surface area contributed by atoms with Gasteiger partial charge in [-0.3, -0.25) is 9.69 Å². The van der Waals surface area contributed by atoms with Crippen LogP contribution >= 0.6 is 0 Å². The maximum atomic E-state index is 13.8. The summed E-state index contributed by atoms with van der Waals surface area (Å²) >= 11 is 0. The molecule has 1 aromatic carbocycles. The smallest absolute Gasteiger partial charge is 0.225 e. The topological polar surface area (TPSA) is 23.6 Å². The molecule has 122 valence electrons. The minimum Gasteiger partial charge on any atom is -0.337 e. The predicted octanol–water partition coefficient (Wildman–Crippen LogP) is 3.15. The summed E-state index contributed by atoms with van der Waals surface area (Å²) in [5.74, 6) is 0.499. The lowest BCUT2D eigenvalue weighted by Crippen LogP contribution is -2.57. The Morgan fingerprint density at radius 3 is 2.50 bits per heavy atom. The molecule has 0 aliphatic carbocycles. The van der Waals surface area contributed by atoms with Crippen LogP contribution in [-0.2, 0) is 11.3 Å². The van der Waals surface area contributed by atoms with Crippen molar-refractivity contribution in [2.75, 3.05) is 19.6 Å². The molecule has 1 aromatic rings. The molecule has 1 amide bonds. The Morgan fingerprint density at radius 1 is 1.23 bits per heavy atom. The van der Waals surface area contributed by atoms with Crippen molar-refractivity contribution in [2.24, 2.45) is 11.8 Å². The van der Waals surface area contributed by atoms with Gasteiger partial charge in [-0.05, 0) is 12.0 Å². The van der Waals surface area contributed by atoms with Gasteiger partial charge in [0.15, 0.2) is 0 Å². The molecule has 1 aliphatic heterocycles. The summed E-state index contributed by atoms with van der Waals surface area (Å²) in [6.07, 6.45) is 0. The normalized spacial score (nSPS) is 20.0. The Labute approximate surface area is 133 Å². The van der Waals surface area contributed by atoms with Crippen molar-refractivity contribution < 1.29 is 9.18 Å². The molecule has 0 unspecified atom stereocenters. The molecule has 0 aromatic heterocycles. The monoisotopic (exact) mass is 306 g/mol. The summed E-state index contributed by atoms with van der Waals surface area (Å²) in [6, 6.07) is 7.14. The van der Waals surface area contributed by atoms with E-state index in [1.165, 1.54) is 6.07 Å². The number of nitrogens with zero attached hydrogens (tertiary/aromatic N) is 2. The Hall–Kier alpha value is -1.42. The summed E-state index contributed by atoms with van der Waals surface area (Å²) in [4.78, 5) is 16.7. The van der Waals surface area contributed by atoms with Gasteiger partial charge in [-0.2, -0.15) is 0 Å². The molecule has 0 saturated carbocycles. The van der Waals surface area contributed by atoms with Crippen LogP contribution in [-0.4, -0.2) is 41.4 Å². The first-order valence-electron chi connectivity index (χ1n) is 8.16. The highest BCUT2D eigenvalue weighted by atomic mass is 19.1. The molecular weight excluding hydrogens is 279 g/mol. The van der Waals surface area contributed by atoms with Crippen molar-refractivity contribution in [3.05, 3.63) is 35.6 Å². The quantitative estimate of drug-likeness (QED) is 0.853. The highest BCUT2D eigenvalue weighted by Crippen LogP contribution is 2.21. The number of hydrogen-bond donors (Lipinski definition) is 0. The number of piperazine rings is 1. The molecule has 0 radical (unpaired) electrons. The maximum Gasteiger partial charge on any atom is 0.225 e. The molecule has 1 saturated heterocycles. The molecule has 22 heavy (non-hydrogen) atoms. The van der Waals surface area contributed by atoms with E-state index >= 15 is 0 Å². The van der Waals surface area contributed by atoms with Crippen LogP contribution in [0.3, 0.4) is 0 Å². The van der Waals surface area contributed by atoms with E-state index in [1.807, 2.05) is 30.9 Å². The molecule has 0 spiro atoms. The summed E-state index contributed by atoms with van der Waals surface area (Å²) in [5, 5.41) is 0. The maximum absolute atomic E-state index is 13.8. The molecule has 1 fully saturated rings. The van der Waals surface area contributed by atoms with E-state index in [-0.39, 0.29) is 23.7 Å². The molecule has 1 atom stereocenters. The van der Waals surface area contributed by atoms with Crippen LogP contribution in [0.4, 0.5) is 4.39 Å². The zero-order valence-electron chi connectivity index (χ0n) is 14.1. The van der Waals surface area contributed by atoms with Gasteiger partial charge in [0.05, 0.1) is 0 Å². The minimum absolute atomic E-state index is 0.0272. The lowest BCUT2D eigenvalue weighted by molar-refractivity contribution is -0.141. The molecule has 1 heterocycles. The third kappa shape index (κ3) is 3.86. The van der Waals surface area contributed by atoms with Gasteiger partial charge >= 0.3 is 0 Å². The first-order chi connectivity index (χ1) is 10.4. The van der Waals surface area contributed by atoms with Gasteiger partial charge in [0.25, 0.3) is 0 Å². The summed E-state index contributed by atoms with van der Waals surface area (Å²) < 4.78 is 13.8. The van der Waals surface area contributed by atoms with Crippen LogP contribution in [0.15, 0.2) is 24.3 Å². The second-order valence-electron chi connectivity index (χ2n) is 6.82. The number of halogens is 1. The number of carbonyl (C=O) groups excluding carboxylic acids is 1.